The number of carbonyl (C=O) groups excluding carboxylic acids is 1. The van der Waals surface area contributed by atoms with Crippen LogP contribution in [0.15, 0.2) is 41.9 Å². The van der Waals surface area contributed by atoms with Crippen molar-refractivity contribution in [2.45, 2.75) is 24.9 Å². The number of β-amino-alcohol motifs (C(OH)–C–C–N with tert-alkyl or cyclic N) is 1. The number of aromatic nitrogens is 1. The zero-order valence-electron chi connectivity index (χ0n) is 13.9. The molecule has 3 rings (SSSR count). The molecule has 2 aromatic rings. The van der Waals surface area contributed by atoms with Gasteiger partial charge in [0.25, 0.3) is 0 Å². The van der Waals surface area contributed by atoms with Crippen molar-refractivity contribution in [1.29, 1.82) is 0 Å². The lowest BCUT2D eigenvalue weighted by atomic mass is 9.92. The van der Waals surface area contributed by atoms with Crippen LogP contribution < -0.4 is 4.90 Å². The summed E-state index contributed by atoms with van der Waals surface area (Å²) in [6, 6.07) is 9.71. The van der Waals surface area contributed by atoms with Gasteiger partial charge >= 0.3 is 0 Å². The molecule has 0 bridgehead atoms. The maximum absolute atomic E-state index is 12.4. The summed E-state index contributed by atoms with van der Waals surface area (Å²) in [7, 11) is 1.77. The SMILES string of the molecule is CN(C[C@]1(O)CCCN(c2ccccn2)C1)C(=O)Cc1cccs1. The summed E-state index contributed by atoms with van der Waals surface area (Å²) in [4.78, 5) is 21.5. The van der Waals surface area contributed by atoms with E-state index < -0.39 is 5.60 Å². The largest absolute Gasteiger partial charge is 0.386 e. The van der Waals surface area contributed by atoms with Crippen molar-refractivity contribution in [3.05, 3.63) is 46.8 Å². The summed E-state index contributed by atoms with van der Waals surface area (Å²) in [5.74, 6) is 0.920. The molecule has 3 heterocycles. The quantitative estimate of drug-likeness (QED) is 0.902. The van der Waals surface area contributed by atoms with Gasteiger partial charge in [-0.1, -0.05) is 12.1 Å². The molecule has 0 aliphatic carbocycles. The maximum atomic E-state index is 12.4. The van der Waals surface area contributed by atoms with Crippen LogP contribution in [-0.2, 0) is 11.2 Å². The number of pyridine rings is 1. The Morgan fingerprint density at radius 3 is 3.00 bits per heavy atom. The molecule has 0 radical (unpaired) electrons. The van der Waals surface area contributed by atoms with Gasteiger partial charge in [-0.15, -0.1) is 11.3 Å². The third-order valence-corrected chi connectivity index (χ3v) is 5.27. The monoisotopic (exact) mass is 345 g/mol. The number of likely N-dealkylation sites (N-methyl/N-ethyl adjacent to an activating group) is 1. The third kappa shape index (κ3) is 4.13. The van der Waals surface area contributed by atoms with E-state index in [9.17, 15) is 9.90 Å². The smallest absolute Gasteiger partial charge is 0.227 e. The molecule has 128 valence electrons. The van der Waals surface area contributed by atoms with Crippen molar-refractivity contribution in [2.24, 2.45) is 0 Å². The maximum Gasteiger partial charge on any atom is 0.227 e. The lowest BCUT2D eigenvalue weighted by Crippen LogP contribution is -2.55. The normalized spacial score (nSPS) is 20.8. The highest BCUT2D eigenvalue weighted by molar-refractivity contribution is 7.10. The van der Waals surface area contributed by atoms with E-state index in [0.717, 1.165) is 23.7 Å². The average Bonchev–Trinajstić information content (AvgIpc) is 3.08. The van der Waals surface area contributed by atoms with Crippen molar-refractivity contribution >= 4 is 23.1 Å². The Bertz CT molecular complexity index is 662. The third-order valence-electron chi connectivity index (χ3n) is 4.39. The minimum Gasteiger partial charge on any atom is -0.386 e. The summed E-state index contributed by atoms with van der Waals surface area (Å²) in [5, 5.41) is 13.0. The van der Waals surface area contributed by atoms with E-state index in [1.54, 1.807) is 29.5 Å². The highest BCUT2D eigenvalue weighted by atomic mass is 32.1. The van der Waals surface area contributed by atoms with Crippen LogP contribution in [0.1, 0.15) is 17.7 Å². The predicted octanol–water partition coefficient (Wildman–Crippen LogP) is 2.18. The van der Waals surface area contributed by atoms with Crippen LogP contribution in [0.4, 0.5) is 5.82 Å². The van der Waals surface area contributed by atoms with E-state index in [1.807, 2.05) is 35.7 Å². The Kier molecular flexibility index (Phi) is 5.16. The standard InChI is InChI=1S/C18H23N3O2S/c1-20(17(22)12-15-6-4-11-24-15)13-18(23)8-5-10-21(14-18)16-7-2-3-9-19-16/h2-4,6-7,9,11,23H,5,8,10,12-14H2,1H3/t18-/m1/s1. The molecule has 0 aromatic carbocycles. The molecule has 0 spiro atoms. The highest BCUT2D eigenvalue weighted by Crippen LogP contribution is 2.25. The Morgan fingerprint density at radius 1 is 1.42 bits per heavy atom. The van der Waals surface area contributed by atoms with Gasteiger partial charge in [-0.25, -0.2) is 4.98 Å². The van der Waals surface area contributed by atoms with Crippen LogP contribution in [0.5, 0.6) is 0 Å². The molecule has 1 atom stereocenters. The number of carbonyl (C=O) groups is 1. The van der Waals surface area contributed by atoms with Crippen LogP contribution in [0, 0.1) is 0 Å². The van der Waals surface area contributed by atoms with Crippen LogP contribution >= 0.6 is 11.3 Å². The number of hydrogen-bond acceptors (Lipinski definition) is 5. The fraction of sp³-hybridized carbons (Fsp3) is 0.444. The molecule has 1 saturated heterocycles. The minimum absolute atomic E-state index is 0.0424. The van der Waals surface area contributed by atoms with E-state index in [-0.39, 0.29) is 5.91 Å². The predicted molar refractivity (Wildman–Crippen MR) is 96.3 cm³/mol. The van der Waals surface area contributed by atoms with Gasteiger partial charge in [-0.2, -0.15) is 0 Å². The summed E-state index contributed by atoms with van der Waals surface area (Å²) < 4.78 is 0. The van der Waals surface area contributed by atoms with Gasteiger partial charge in [0.15, 0.2) is 0 Å². The van der Waals surface area contributed by atoms with Crippen LogP contribution in [0.2, 0.25) is 0 Å². The second kappa shape index (κ2) is 7.32. The summed E-state index contributed by atoms with van der Waals surface area (Å²) in [6.07, 6.45) is 3.75. The van der Waals surface area contributed by atoms with Crippen LogP contribution in [0.25, 0.3) is 0 Å². The fourth-order valence-corrected chi connectivity index (χ4v) is 3.90. The summed E-state index contributed by atoms with van der Waals surface area (Å²) in [6.45, 7) is 1.73. The molecule has 0 unspecified atom stereocenters. The lowest BCUT2D eigenvalue weighted by Gasteiger charge is -2.41. The number of amides is 1. The molecule has 2 aromatic heterocycles. The first-order chi connectivity index (χ1) is 11.6. The topological polar surface area (TPSA) is 56.7 Å². The van der Waals surface area contributed by atoms with Gasteiger partial charge in [0.05, 0.1) is 18.6 Å². The number of piperidine rings is 1. The number of hydrogen-bond donors (Lipinski definition) is 1. The van der Waals surface area contributed by atoms with Gasteiger partial charge in [0.2, 0.25) is 5.91 Å². The van der Waals surface area contributed by atoms with Crippen molar-refractivity contribution in [3.8, 4) is 0 Å². The number of nitrogens with zero attached hydrogens (tertiary/aromatic N) is 3. The number of rotatable bonds is 5. The van der Waals surface area contributed by atoms with E-state index in [0.29, 0.717) is 25.9 Å². The molecule has 5 nitrogen and oxygen atoms in total. The molecule has 1 aliphatic heterocycles. The molecule has 24 heavy (non-hydrogen) atoms. The van der Waals surface area contributed by atoms with Gasteiger partial charge in [0.1, 0.15) is 5.82 Å². The number of anilines is 1. The average molecular weight is 345 g/mol. The first kappa shape index (κ1) is 16.9. The summed E-state index contributed by atoms with van der Waals surface area (Å²) >= 11 is 1.59. The number of thiophene rings is 1. The van der Waals surface area contributed by atoms with Gasteiger partial charge in [0, 0.05) is 31.2 Å². The zero-order valence-corrected chi connectivity index (χ0v) is 14.7. The molecular weight excluding hydrogens is 322 g/mol. The Morgan fingerprint density at radius 2 is 2.29 bits per heavy atom. The minimum atomic E-state index is -0.893. The molecule has 0 saturated carbocycles. The van der Waals surface area contributed by atoms with Gasteiger partial charge < -0.3 is 14.9 Å². The van der Waals surface area contributed by atoms with Crippen LogP contribution in [-0.4, -0.2) is 53.2 Å². The van der Waals surface area contributed by atoms with Crippen LogP contribution in [0.3, 0.4) is 0 Å². The molecule has 1 N–H and O–H groups in total. The fourth-order valence-electron chi connectivity index (χ4n) is 3.20. The first-order valence-corrected chi connectivity index (χ1v) is 9.08. The zero-order chi connectivity index (χ0) is 17.0. The second-order valence-electron chi connectivity index (χ2n) is 6.44. The van der Waals surface area contributed by atoms with Gasteiger partial charge in [-0.05, 0) is 36.4 Å². The molecule has 6 heteroatoms. The van der Waals surface area contributed by atoms with E-state index in [2.05, 4.69) is 9.88 Å². The van der Waals surface area contributed by atoms with Crippen molar-refractivity contribution in [3.63, 3.8) is 0 Å². The highest BCUT2D eigenvalue weighted by Gasteiger charge is 2.35. The Balaban J connectivity index is 1.61. The van der Waals surface area contributed by atoms with Crippen molar-refractivity contribution in [2.75, 3.05) is 31.6 Å². The van der Waals surface area contributed by atoms with E-state index in [4.69, 9.17) is 0 Å². The molecule has 1 amide bonds. The lowest BCUT2D eigenvalue weighted by molar-refractivity contribution is -0.132. The molecular formula is C18H23N3O2S. The Hall–Kier alpha value is -1.92. The van der Waals surface area contributed by atoms with Crippen molar-refractivity contribution in [1.82, 2.24) is 9.88 Å². The van der Waals surface area contributed by atoms with E-state index >= 15 is 0 Å². The van der Waals surface area contributed by atoms with Crippen molar-refractivity contribution < 1.29 is 9.90 Å². The van der Waals surface area contributed by atoms with Gasteiger partial charge in [-0.3, -0.25) is 4.79 Å². The molecule has 1 aliphatic rings. The first-order valence-electron chi connectivity index (χ1n) is 8.20. The Labute approximate surface area is 146 Å². The second-order valence-corrected chi connectivity index (χ2v) is 7.48. The number of aliphatic hydroxyl groups is 1. The van der Waals surface area contributed by atoms with E-state index in [1.165, 1.54) is 0 Å². The molecule has 1 fully saturated rings. The summed E-state index contributed by atoms with van der Waals surface area (Å²) in [5.41, 5.74) is -0.893.